The average Bonchev–Trinajstić information content (AvgIpc) is 2.67. The fraction of sp³-hybridized carbons (Fsp3) is 0.111. The fourth-order valence-electron chi connectivity index (χ4n) is 2.20. The first kappa shape index (κ1) is 20.3. The molecule has 11 heteroatoms. The minimum absolute atomic E-state index is 0.0268. The maximum absolute atomic E-state index is 12.5. The molecular weight excluding hydrogens is 413 g/mol. The van der Waals surface area contributed by atoms with Gasteiger partial charge in [-0.05, 0) is 23.8 Å². The van der Waals surface area contributed by atoms with Crippen molar-refractivity contribution < 1.29 is 27.4 Å². The lowest BCUT2D eigenvalue weighted by Crippen LogP contribution is -2.20. The van der Waals surface area contributed by atoms with E-state index in [-0.39, 0.29) is 23.0 Å². The summed E-state index contributed by atoms with van der Waals surface area (Å²) in [5, 5.41) is 2.86. The van der Waals surface area contributed by atoms with E-state index in [0.29, 0.717) is 10.6 Å². The molecule has 0 aliphatic heterocycles. The third-order valence-electron chi connectivity index (χ3n) is 3.36. The van der Waals surface area contributed by atoms with E-state index < -0.39 is 18.9 Å². The lowest BCUT2D eigenvalue weighted by Gasteiger charge is -2.14. The zero-order chi connectivity index (χ0) is 20.9. The third-order valence-corrected chi connectivity index (χ3v) is 3.61. The molecule has 0 aliphatic rings. The smallest absolute Gasteiger partial charge is 0.422 e. The highest BCUT2D eigenvalue weighted by Gasteiger charge is 2.29. The lowest BCUT2D eigenvalue weighted by atomic mass is 10.1. The molecule has 3 aromatic rings. The van der Waals surface area contributed by atoms with Crippen molar-refractivity contribution in [1.82, 2.24) is 15.0 Å². The van der Waals surface area contributed by atoms with Crippen LogP contribution in [0.3, 0.4) is 0 Å². The van der Waals surface area contributed by atoms with Gasteiger partial charge in [0.2, 0.25) is 11.8 Å². The van der Waals surface area contributed by atoms with Gasteiger partial charge in [-0.15, -0.1) is 0 Å². The zero-order valence-electron chi connectivity index (χ0n) is 14.5. The SMILES string of the molecule is O=C(Nc1cnc(OCC(F)(F)F)c(-c2ccc(Cl)cc2)c1)Oc1cnccn1. The number of anilines is 1. The number of hydrogen-bond donors (Lipinski definition) is 1. The van der Waals surface area contributed by atoms with E-state index in [1.165, 1.54) is 24.7 Å². The number of nitrogens with one attached hydrogen (secondary N) is 1. The molecule has 1 aromatic carbocycles. The summed E-state index contributed by atoms with van der Waals surface area (Å²) in [7, 11) is 0. The molecule has 3 rings (SSSR count). The van der Waals surface area contributed by atoms with Crippen molar-refractivity contribution in [3.8, 4) is 22.9 Å². The summed E-state index contributed by atoms with van der Waals surface area (Å²) in [4.78, 5) is 23.4. The topological polar surface area (TPSA) is 86.2 Å². The van der Waals surface area contributed by atoms with Gasteiger partial charge < -0.3 is 9.47 Å². The summed E-state index contributed by atoms with van der Waals surface area (Å²) in [5.74, 6) is -0.279. The fourth-order valence-corrected chi connectivity index (χ4v) is 2.32. The molecule has 0 spiro atoms. The first-order chi connectivity index (χ1) is 13.8. The summed E-state index contributed by atoms with van der Waals surface area (Å²) >= 11 is 5.86. The molecule has 2 aromatic heterocycles. The second kappa shape index (κ2) is 8.74. The number of rotatable bonds is 5. The zero-order valence-corrected chi connectivity index (χ0v) is 15.2. The van der Waals surface area contributed by atoms with Gasteiger partial charge in [-0.2, -0.15) is 13.2 Å². The molecule has 0 saturated heterocycles. The Balaban J connectivity index is 1.84. The molecule has 0 atom stereocenters. The molecule has 0 fully saturated rings. The van der Waals surface area contributed by atoms with Gasteiger partial charge in [0, 0.05) is 23.0 Å². The van der Waals surface area contributed by atoms with Gasteiger partial charge in [0.15, 0.2) is 6.61 Å². The molecule has 0 aliphatic carbocycles. The number of alkyl halides is 3. The summed E-state index contributed by atoms with van der Waals surface area (Å²) in [6.45, 7) is -1.51. The molecule has 2 heterocycles. The minimum atomic E-state index is -4.53. The number of pyridine rings is 1. The van der Waals surface area contributed by atoms with Gasteiger partial charge in [-0.25, -0.2) is 14.8 Å². The number of nitrogens with zero attached hydrogens (tertiary/aromatic N) is 3. The van der Waals surface area contributed by atoms with E-state index in [9.17, 15) is 18.0 Å². The summed E-state index contributed by atoms with van der Waals surface area (Å²) < 4.78 is 47.4. The van der Waals surface area contributed by atoms with Gasteiger partial charge in [0.1, 0.15) is 0 Å². The molecule has 0 unspecified atom stereocenters. The van der Waals surface area contributed by atoms with Crippen LogP contribution in [0.5, 0.6) is 11.8 Å². The van der Waals surface area contributed by atoms with Gasteiger partial charge in [-0.3, -0.25) is 10.3 Å². The van der Waals surface area contributed by atoms with Crippen molar-refractivity contribution in [3.05, 3.63) is 60.1 Å². The predicted molar refractivity (Wildman–Crippen MR) is 97.9 cm³/mol. The number of amides is 1. The number of carbonyl (C=O) groups excluding carboxylic acids is 1. The van der Waals surface area contributed by atoms with Crippen molar-refractivity contribution in [2.24, 2.45) is 0 Å². The number of carbonyl (C=O) groups is 1. The van der Waals surface area contributed by atoms with Crippen LogP contribution in [-0.4, -0.2) is 33.8 Å². The maximum atomic E-state index is 12.5. The number of aromatic nitrogens is 3. The van der Waals surface area contributed by atoms with Gasteiger partial charge in [0.05, 0.1) is 18.1 Å². The van der Waals surface area contributed by atoms with Gasteiger partial charge in [-0.1, -0.05) is 23.7 Å². The normalized spacial score (nSPS) is 11.0. The van der Waals surface area contributed by atoms with Crippen molar-refractivity contribution in [2.45, 2.75) is 6.18 Å². The Morgan fingerprint density at radius 1 is 1.10 bits per heavy atom. The van der Waals surface area contributed by atoms with Crippen LogP contribution >= 0.6 is 11.6 Å². The van der Waals surface area contributed by atoms with E-state index in [0.717, 1.165) is 6.20 Å². The monoisotopic (exact) mass is 424 g/mol. The first-order valence-corrected chi connectivity index (χ1v) is 8.38. The highest BCUT2D eigenvalue weighted by atomic mass is 35.5. The largest absolute Gasteiger partial charge is 0.468 e. The molecule has 0 radical (unpaired) electrons. The van der Waals surface area contributed by atoms with Crippen LogP contribution in [0.15, 0.2) is 55.1 Å². The van der Waals surface area contributed by atoms with Gasteiger partial charge in [0.25, 0.3) is 0 Å². The molecule has 7 nitrogen and oxygen atoms in total. The summed E-state index contributed by atoms with van der Waals surface area (Å²) in [6.07, 6.45) is -0.273. The average molecular weight is 425 g/mol. The highest BCUT2D eigenvalue weighted by molar-refractivity contribution is 6.30. The molecule has 150 valence electrons. The summed E-state index contributed by atoms with van der Waals surface area (Å²) in [6, 6.07) is 7.70. The number of halogens is 4. The van der Waals surface area contributed by atoms with Crippen molar-refractivity contribution in [3.63, 3.8) is 0 Å². The standard InChI is InChI=1S/C18H12ClF3N4O3/c19-12-3-1-11(2-4-12)14-7-13(8-25-16(14)28-10-18(20,21)22)26-17(27)29-15-9-23-5-6-24-15/h1-9H,10H2,(H,26,27). The number of hydrogen-bond acceptors (Lipinski definition) is 6. The highest BCUT2D eigenvalue weighted by Crippen LogP contribution is 2.32. The summed E-state index contributed by atoms with van der Waals surface area (Å²) in [5.41, 5.74) is 0.886. The predicted octanol–water partition coefficient (Wildman–Crippen LogP) is 4.74. The van der Waals surface area contributed by atoms with Crippen LogP contribution in [0, 0.1) is 0 Å². The van der Waals surface area contributed by atoms with E-state index in [1.54, 1.807) is 24.3 Å². The molecule has 29 heavy (non-hydrogen) atoms. The Morgan fingerprint density at radius 3 is 2.52 bits per heavy atom. The van der Waals surface area contributed by atoms with Crippen molar-refractivity contribution in [2.75, 3.05) is 11.9 Å². The van der Waals surface area contributed by atoms with Crippen LogP contribution in [0.4, 0.5) is 23.7 Å². The molecule has 0 saturated carbocycles. The van der Waals surface area contributed by atoms with Crippen LogP contribution in [0.25, 0.3) is 11.1 Å². The van der Waals surface area contributed by atoms with Crippen LogP contribution in [-0.2, 0) is 0 Å². The van der Waals surface area contributed by atoms with E-state index >= 15 is 0 Å². The van der Waals surface area contributed by atoms with Crippen LogP contribution in [0.2, 0.25) is 5.02 Å². The second-order valence-corrected chi connectivity index (χ2v) is 5.98. The van der Waals surface area contributed by atoms with E-state index in [1.807, 2.05) is 0 Å². The van der Waals surface area contributed by atoms with Crippen molar-refractivity contribution >= 4 is 23.4 Å². The quantitative estimate of drug-likeness (QED) is 0.636. The maximum Gasteiger partial charge on any atom is 0.422 e. The molecule has 0 bridgehead atoms. The Bertz CT molecular complexity index is 986. The Hall–Kier alpha value is -3.40. The molecule has 1 amide bonds. The Labute approximate surface area is 167 Å². The minimum Gasteiger partial charge on any atom is -0.468 e. The number of benzene rings is 1. The molecule has 1 N–H and O–H groups in total. The molecular formula is C18H12ClF3N4O3. The van der Waals surface area contributed by atoms with Crippen LogP contribution in [0.1, 0.15) is 0 Å². The van der Waals surface area contributed by atoms with Crippen LogP contribution < -0.4 is 14.8 Å². The Kier molecular flexibility index (Phi) is 6.13. The van der Waals surface area contributed by atoms with E-state index in [4.69, 9.17) is 21.1 Å². The first-order valence-electron chi connectivity index (χ1n) is 8.00. The van der Waals surface area contributed by atoms with E-state index in [2.05, 4.69) is 20.3 Å². The number of ether oxygens (including phenoxy) is 2. The lowest BCUT2D eigenvalue weighted by molar-refractivity contribution is -0.154. The van der Waals surface area contributed by atoms with Crippen molar-refractivity contribution in [1.29, 1.82) is 0 Å². The Morgan fingerprint density at radius 2 is 1.86 bits per heavy atom. The third kappa shape index (κ3) is 6.04. The second-order valence-electron chi connectivity index (χ2n) is 5.55. The van der Waals surface area contributed by atoms with Gasteiger partial charge >= 0.3 is 12.3 Å².